The highest BCUT2D eigenvalue weighted by Gasteiger charge is 2.26. The second-order valence-electron chi connectivity index (χ2n) is 7.66. The van der Waals surface area contributed by atoms with Gasteiger partial charge in [-0.15, -0.1) is 0 Å². The molecule has 0 bridgehead atoms. The van der Waals surface area contributed by atoms with Crippen molar-refractivity contribution >= 4 is 17.6 Å². The van der Waals surface area contributed by atoms with Crippen molar-refractivity contribution in [2.45, 2.75) is 59.7 Å². The van der Waals surface area contributed by atoms with Gasteiger partial charge in [-0.3, -0.25) is 28.4 Å². The van der Waals surface area contributed by atoms with E-state index in [1.54, 1.807) is 18.7 Å². The average Bonchev–Trinajstić information content (AvgIpc) is 2.72. The summed E-state index contributed by atoms with van der Waals surface area (Å²) in [5, 5.41) is 0. The Labute approximate surface area is 181 Å². The van der Waals surface area contributed by atoms with Gasteiger partial charge in [0.1, 0.15) is 11.4 Å². The zero-order valence-electron chi connectivity index (χ0n) is 18.7. The number of esters is 1. The van der Waals surface area contributed by atoms with Crippen LogP contribution in [0.15, 0.2) is 33.4 Å². The van der Waals surface area contributed by atoms with E-state index in [-0.39, 0.29) is 50.2 Å². The molecule has 0 saturated heterocycles. The lowest BCUT2D eigenvalue weighted by atomic mass is 10.1. The molecule has 1 aliphatic carbocycles. The number of nitrogens with two attached hydrogens (primary N) is 1. The molecular weight excluding hydrogens is 400 g/mol. The molecule has 1 heterocycles. The van der Waals surface area contributed by atoms with Gasteiger partial charge in [0.15, 0.2) is 5.78 Å². The van der Waals surface area contributed by atoms with E-state index in [1.165, 1.54) is 4.57 Å². The number of Topliss-reactive ketones (excluding diaryl/α,β-unsaturated/α-hetero) is 1. The lowest BCUT2D eigenvalue weighted by molar-refractivity contribution is -0.144. The van der Waals surface area contributed by atoms with Gasteiger partial charge in [-0.05, 0) is 46.1 Å². The molecule has 0 saturated carbocycles. The van der Waals surface area contributed by atoms with Gasteiger partial charge >= 0.3 is 11.7 Å². The molecule has 1 aromatic heterocycles. The van der Waals surface area contributed by atoms with Gasteiger partial charge in [0.05, 0.1) is 26.2 Å². The van der Waals surface area contributed by atoms with Gasteiger partial charge in [-0.25, -0.2) is 4.79 Å². The fraction of sp³-hybridized carbons (Fsp3) is 0.545. The number of ether oxygens (including phenoxy) is 1. The summed E-state index contributed by atoms with van der Waals surface area (Å²) in [5.41, 5.74) is 5.61. The van der Waals surface area contributed by atoms with E-state index < -0.39 is 23.0 Å². The molecule has 0 fully saturated rings. The monoisotopic (exact) mass is 432 g/mol. The van der Waals surface area contributed by atoms with Crippen LogP contribution >= 0.6 is 0 Å². The first-order chi connectivity index (χ1) is 14.7. The summed E-state index contributed by atoms with van der Waals surface area (Å²) >= 11 is 0. The Morgan fingerprint density at radius 1 is 1.16 bits per heavy atom. The van der Waals surface area contributed by atoms with E-state index in [9.17, 15) is 19.2 Å². The van der Waals surface area contributed by atoms with E-state index in [4.69, 9.17) is 10.5 Å². The van der Waals surface area contributed by atoms with E-state index in [2.05, 4.69) is 0 Å². The van der Waals surface area contributed by atoms with Gasteiger partial charge in [0.2, 0.25) is 0 Å². The van der Waals surface area contributed by atoms with Gasteiger partial charge in [0.25, 0.3) is 5.56 Å². The first-order valence-corrected chi connectivity index (χ1v) is 10.6. The van der Waals surface area contributed by atoms with Crippen LogP contribution in [0.1, 0.15) is 50.9 Å². The summed E-state index contributed by atoms with van der Waals surface area (Å²) in [6, 6.07) is -0.147. The summed E-state index contributed by atoms with van der Waals surface area (Å²) in [4.78, 5) is 52.4. The quantitative estimate of drug-likeness (QED) is 0.438. The van der Waals surface area contributed by atoms with Gasteiger partial charge < -0.3 is 10.5 Å². The largest absolute Gasteiger partial charge is 0.465 e. The molecule has 170 valence electrons. The van der Waals surface area contributed by atoms with Crippen molar-refractivity contribution in [3.63, 3.8) is 0 Å². The summed E-state index contributed by atoms with van der Waals surface area (Å²) in [6.45, 7) is 7.29. The number of carbonyl (C=O) groups excluding carboxylic acids is 2. The number of carbonyl (C=O) groups is 2. The molecule has 0 radical (unpaired) electrons. The number of nitrogens with zero attached hydrogens (tertiary/aromatic N) is 3. The number of hydrogen-bond acceptors (Lipinski definition) is 7. The highest BCUT2D eigenvalue weighted by atomic mass is 16.5. The minimum atomic E-state index is -0.709. The number of ketones is 1. The molecule has 31 heavy (non-hydrogen) atoms. The normalized spacial score (nSPS) is 13.5. The maximum Gasteiger partial charge on any atom is 0.332 e. The molecular formula is C22H32N4O5. The average molecular weight is 433 g/mol. The van der Waals surface area contributed by atoms with Crippen LogP contribution in [-0.2, 0) is 22.6 Å². The van der Waals surface area contributed by atoms with Crippen LogP contribution in [0.3, 0.4) is 0 Å². The Bertz CT molecular complexity index is 1000. The summed E-state index contributed by atoms with van der Waals surface area (Å²) in [7, 11) is 0. The molecule has 0 aromatic carbocycles. The Morgan fingerprint density at radius 2 is 1.87 bits per heavy atom. The van der Waals surface area contributed by atoms with Crippen molar-refractivity contribution in [2.24, 2.45) is 0 Å². The highest BCUT2D eigenvalue weighted by Crippen LogP contribution is 2.15. The number of hydrogen-bond donors (Lipinski definition) is 1. The number of allylic oxidation sites excluding steroid dienone is 4. The second-order valence-corrected chi connectivity index (χ2v) is 7.66. The molecule has 0 spiro atoms. The number of nitrogen functional groups attached to an aromatic ring is 1. The second kappa shape index (κ2) is 10.9. The third-order valence-corrected chi connectivity index (χ3v) is 5.19. The third kappa shape index (κ3) is 5.81. The molecule has 1 aliphatic rings. The predicted molar refractivity (Wildman–Crippen MR) is 119 cm³/mol. The molecule has 2 N–H and O–H groups in total. The van der Waals surface area contributed by atoms with Gasteiger partial charge in [-0.2, -0.15) is 0 Å². The number of anilines is 1. The molecule has 0 aliphatic heterocycles. The van der Waals surface area contributed by atoms with Crippen LogP contribution in [0, 0.1) is 0 Å². The van der Waals surface area contributed by atoms with Crippen molar-refractivity contribution in [1.82, 2.24) is 14.0 Å². The highest BCUT2D eigenvalue weighted by molar-refractivity contribution is 6.01. The van der Waals surface area contributed by atoms with E-state index in [1.807, 2.05) is 32.1 Å². The van der Waals surface area contributed by atoms with Crippen molar-refractivity contribution in [2.75, 3.05) is 25.4 Å². The lowest BCUT2D eigenvalue weighted by Gasteiger charge is -2.25. The van der Waals surface area contributed by atoms with Crippen LogP contribution in [0.4, 0.5) is 5.82 Å². The molecule has 9 heteroatoms. The van der Waals surface area contributed by atoms with E-state index >= 15 is 0 Å². The molecule has 0 amide bonds. The summed E-state index contributed by atoms with van der Waals surface area (Å²) in [5.74, 6) is -1.14. The first-order valence-electron chi connectivity index (χ1n) is 10.6. The van der Waals surface area contributed by atoms with E-state index in [0.29, 0.717) is 0 Å². The fourth-order valence-corrected chi connectivity index (χ4v) is 3.43. The molecule has 9 nitrogen and oxygen atoms in total. The van der Waals surface area contributed by atoms with Crippen molar-refractivity contribution in [3.05, 3.63) is 50.2 Å². The Balaban J connectivity index is 2.45. The zero-order valence-corrected chi connectivity index (χ0v) is 18.7. The lowest BCUT2D eigenvalue weighted by Crippen LogP contribution is -2.46. The van der Waals surface area contributed by atoms with Crippen LogP contribution in [0.25, 0.3) is 0 Å². The maximum atomic E-state index is 13.1. The molecule has 2 rings (SSSR count). The Morgan fingerprint density at radius 3 is 2.42 bits per heavy atom. The molecule has 0 unspecified atom stereocenters. The minimum absolute atomic E-state index is 0.0869. The Kier molecular flexibility index (Phi) is 8.56. The summed E-state index contributed by atoms with van der Waals surface area (Å²) in [6.07, 6.45) is 7.72. The van der Waals surface area contributed by atoms with Crippen LogP contribution in [-0.4, -0.2) is 51.5 Å². The zero-order chi connectivity index (χ0) is 23.1. The van der Waals surface area contributed by atoms with Gasteiger partial charge in [-0.1, -0.05) is 18.2 Å². The van der Waals surface area contributed by atoms with Crippen LogP contribution in [0.2, 0.25) is 0 Å². The molecule has 1 aromatic rings. The fourth-order valence-electron chi connectivity index (χ4n) is 3.43. The van der Waals surface area contributed by atoms with Gasteiger partial charge in [0, 0.05) is 12.6 Å². The van der Waals surface area contributed by atoms with Crippen molar-refractivity contribution < 1.29 is 14.3 Å². The van der Waals surface area contributed by atoms with E-state index in [0.717, 1.165) is 23.0 Å². The van der Waals surface area contributed by atoms with Crippen LogP contribution in [0.5, 0.6) is 0 Å². The standard InChI is InChI=1S/C22H32N4O5/c1-5-25-21(29)19(17(27)13-24(15(3)4)14-18(28)31-6-2)20(23)26(22(25)30)12-16-10-8-7-9-11-16/h8,10-11,15H,5-7,9,12-14,23H2,1-4H3. The maximum absolute atomic E-state index is 13.1. The summed E-state index contributed by atoms with van der Waals surface area (Å²) < 4.78 is 7.26. The topological polar surface area (TPSA) is 117 Å². The van der Waals surface area contributed by atoms with Crippen LogP contribution < -0.4 is 17.0 Å². The van der Waals surface area contributed by atoms with Crippen molar-refractivity contribution in [3.8, 4) is 0 Å². The Hall–Kier alpha value is -2.94. The number of aromatic nitrogens is 2. The SMILES string of the molecule is CCOC(=O)CN(CC(=O)c1c(N)n(CC2=CCCC=C2)c(=O)n(CC)c1=O)C(C)C. The van der Waals surface area contributed by atoms with Crippen molar-refractivity contribution in [1.29, 1.82) is 0 Å². The molecule has 0 atom stereocenters. The third-order valence-electron chi connectivity index (χ3n) is 5.19. The minimum Gasteiger partial charge on any atom is -0.465 e. The first kappa shape index (κ1) is 24.3. The number of rotatable bonds is 10. The predicted octanol–water partition coefficient (Wildman–Crippen LogP) is 1.34. The smallest absolute Gasteiger partial charge is 0.332 e.